The maximum Gasteiger partial charge on any atom is 0.405 e. The van der Waals surface area contributed by atoms with Crippen molar-refractivity contribution in [1.82, 2.24) is 14.9 Å². The molecular formula is C13H14F2N4O3. The molecule has 0 aliphatic heterocycles. The SMILES string of the molecule is CN(C(=O)c1cnc(C(F)F)cn1)C12CC(OC(N)=O)(C1)C2. The lowest BCUT2D eigenvalue weighted by Crippen LogP contribution is -2.80. The number of carbonyl (C=O) groups excluding carboxylic acids is 2. The highest BCUT2D eigenvalue weighted by Gasteiger charge is 2.73. The summed E-state index contributed by atoms with van der Waals surface area (Å²) in [7, 11) is 1.61. The number of alkyl halides is 2. The molecule has 118 valence electrons. The first-order valence-electron chi connectivity index (χ1n) is 6.64. The van der Waals surface area contributed by atoms with E-state index in [1.54, 1.807) is 7.05 Å². The summed E-state index contributed by atoms with van der Waals surface area (Å²) in [5.41, 5.74) is 3.60. The molecule has 0 unspecified atom stereocenters. The van der Waals surface area contributed by atoms with Crippen LogP contribution in [0.3, 0.4) is 0 Å². The zero-order valence-corrected chi connectivity index (χ0v) is 11.8. The van der Waals surface area contributed by atoms with E-state index in [1.165, 1.54) is 4.90 Å². The summed E-state index contributed by atoms with van der Waals surface area (Å²) in [6.07, 6.45) is -0.0456. The molecule has 1 aromatic rings. The van der Waals surface area contributed by atoms with E-state index < -0.39 is 29.7 Å². The average molecular weight is 312 g/mol. The molecule has 2 bridgehead atoms. The summed E-state index contributed by atoms with van der Waals surface area (Å²) in [5.74, 6) is -0.402. The monoisotopic (exact) mass is 312 g/mol. The van der Waals surface area contributed by atoms with Gasteiger partial charge in [-0.2, -0.15) is 0 Å². The van der Waals surface area contributed by atoms with Gasteiger partial charge in [-0.25, -0.2) is 18.6 Å². The third-order valence-corrected chi connectivity index (χ3v) is 4.40. The highest BCUT2D eigenvalue weighted by Crippen LogP contribution is 2.65. The van der Waals surface area contributed by atoms with Crippen molar-refractivity contribution in [3.63, 3.8) is 0 Å². The summed E-state index contributed by atoms with van der Waals surface area (Å²) in [5, 5.41) is 0. The van der Waals surface area contributed by atoms with E-state index in [4.69, 9.17) is 10.5 Å². The minimum absolute atomic E-state index is 0.00138. The molecule has 1 heterocycles. The predicted octanol–water partition coefficient (Wildman–Crippen LogP) is 1.26. The number of primary amides is 1. The molecule has 3 aliphatic carbocycles. The number of aromatic nitrogens is 2. The molecule has 2 N–H and O–H groups in total. The highest BCUT2D eigenvalue weighted by atomic mass is 19.3. The molecule has 0 spiro atoms. The molecule has 0 saturated heterocycles. The number of amides is 2. The Morgan fingerprint density at radius 3 is 2.41 bits per heavy atom. The van der Waals surface area contributed by atoms with Crippen LogP contribution in [0.25, 0.3) is 0 Å². The second-order valence-corrected chi connectivity index (χ2v) is 5.85. The number of carbonyl (C=O) groups is 2. The number of hydrogen-bond acceptors (Lipinski definition) is 5. The van der Waals surface area contributed by atoms with Gasteiger partial charge >= 0.3 is 6.09 Å². The van der Waals surface area contributed by atoms with Crippen LogP contribution in [0.5, 0.6) is 0 Å². The molecule has 22 heavy (non-hydrogen) atoms. The second kappa shape index (κ2) is 4.59. The Bertz CT molecular complexity index is 615. The fourth-order valence-corrected chi connectivity index (χ4v) is 3.27. The Morgan fingerprint density at radius 2 is 1.95 bits per heavy atom. The standard InChI is InChI=1S/C13H14F2N4O3/c1-19(12-4-13(5-12,6-12)22-11(16)21)10(20)8-3-17-7(2-18-8)9(14)15/h2-3,9H,4-6H2,1H3,(H2,16,21). The van der Waals surface area contributed by atoms with Crippen LogP contribution in [-0.2, 0) is 4.74 Å². The van der Waals surface area contributed by atoms with Crippen molar-refractivity contribution in [3.8, 4) is 0 Å². The van der Waals surface area contributed by atoms with E-state index in [9.17, 15) is 18.4 Å². The smallest absolute Gasteiger partial charge is 0.405 e. The first-order valence-corrected chi connectivity index (χ1v) is 6.64. The van der Waals surface area contributed by atoms with Crippen molar-refractivity contribution >= 4 is 12.0 Å². The van der Waals surface area contributed by atoms with Crippen molar-refractivity contribution in [2.24, 2.45) is 5.73 Å². The maximum absolute atomic E-state index is 12.4. The summed E-state index contributed by atoms with van der Waals surface area (Å²) < 4.78 is 29.9. The molecule has 3 saturated carbocycles. The maximum atomic E-state index is 12.4. The topological polar surface area (TPSA) is 98.4 Å². The van der Waals surface area contributed by atoms with Gasteiger partial charge in [-0.05, 0) is 0 Å². The average Bonchev–Trinajstić information content (AvgIpc) is 2.39. The molecule has 9 heteroatoms. The normalized spacial score (nSPS) is 28.5. The number of ether oxygens (including phenoxy) is 1. The van der Waals surface area contributed by atoms with Crippen LogP contribution in [0, 0.1) is 0 Å². The Labute approximate surface area is 124 Å². The van der Waals surface area contributed by atoms with E-state index in [1.807, 2.05) is 0 Å². The molecule has 3 fully saturated rings. The minimum Gasteiger partial charge on any atom is -0.443 e. The second-order valence-electron chi connectivity index (χ2n) is 5.85. The van der Waals surface area contributed by atoms with E-state index in [-0.39, 0.29) is 11.2 Å². The molecular weight excluding hydrogens is 298 g/mol. The molecule has 7 nitrogen and oxygen atoms in total. The number of hydrogen-bond donors (Lipinski definition) is 1. The molecule has 0 atom stereocenters. The van der Waals surface area contributed by atoms with Crippen LogP contribution in [0.4, 0.5) is 13.6 Å². The third-order valence-electron chi connectivity index (χ3n) is 4.40. The Balaban J connectivity index is 1.66. The lowest BCUT2D eigenvalue weighted by Gasteiger charge is -2.71. The summed E-state index contributed by atoms with van der Waals surface area (Å²) >= 11 is 0. The number of halogens is 2. The quantitative estimate of drug-likeness (QED) is 0.902. The first-order chi connectivity index (χ1) is 10.3. The van der Waals surface area contributed by atoms with Crippen LogP contribution in [-0.4, -0.2) is 45.1 Å². The van der Waals surface area contributed by atoms with Crippen molar-refractivity contribution in [1.29, 1.82) is 0 Å². The van der Waals surface area contributed by atoms with Gasteiger partial charge in [0.15, 0.2) is 0 Å². The van der Waals surface area contributed by atoms with E-state index >= 15 is 0 Å². The van der Waals surface area contributed by atoms with Gasteiger partial charge in [0, 0.05) is 26.3 Å². The van der Waals surface area contributed by atoms with Gasteiger partial charge < -0.3 is 15.4 Å². The Morgan fingerprint density at radius 1 is 1.32 bits per heavy atom. The molecule has 0 radical (unpaired) electrons. The van der Waals surface area contributed by atoms with Gasteiger partial charge in [0.25, 0.3) is 12.3 Å². The number of nitrogens with zero attached hydrogens (tertiary/aromatic N) is 3. The van der Waals surface area contributed by atoms with Crippen molar-refractivity contribution < 1.29 is 23.1 Å². The zero-order valence-electron chi connectivity index (χ0n) is 11.8. The molecule has 3 aliphatic rings. The fraction of sp³-hybridized carbons (Fsp3) is 0.538. The molecule has 1 aromatic heterocycles. The minimum atomic E-state index is -2.72. The van der Waals surface area contributed by atoms with E-state index in [0.29, 0.717) is 19.3 Å². The van der Waals surface area contributed by atoms with Crippen LogP contribution in [0.15, 0.2) is 12.4 Å². The number of nitrogens with two attached hydrogens (primary N) is 1. The van der Waals surface area contributed by atoms with E-state index in [0.717, 1.165) is 12.4 Å². The van der Waals surface area contributed by atoms with Crippen molar-refractivity contribution in [2.45, 2.75) is 36.8 Å². The molecule has 0 aromatic carbocycles. The van der Waals surface area contributed by atoms with Crippen LogP contribution in [0.2, 0.25) is 0 Å². The van der Waals surface area contributed by atoms with Crippen LogP contribution < -0.4 is 5.73 Å². The summed E-state index contributed by atoms with van der Waals surface area (Å²) in [6.45, 7) is 0. The predicted molar refractivity (Wildman–Crippen MR) is 69.1 cm³/mol. The zero-order chi connectivity index (χ0) is 16.1. The fourth-order valence-electron chi connectivity index (χ4n) is 3.27. The third kappa shape index (κ3) is 2.08. The lowest BCUT2D eigenvalue weighted by atomic mass is 9.45. The van der Waals surface area contributed by atoms with Gasteiger partial charge in [0.1, 0.15) is 17.0 Å². The first kappa shape index (κ1) is 14.6. The van der Waals surface area contributed by atoms with Gasteiger partial charge in [-0.3, -0.25) is 9.78 Å². The highest BCUT2D eigenvalue weighted by molar-refractivity contribution is 5.92. The molecule has 2 amide bonds. The van der Waals surface area contributed by atoms with E-state index in [2.05, 4.69) is 9.97 Å². The largest absolute Gasteiger partial charge is 0.443 e. The van der Waals surface area contributed by atoms with Crippen LogP contribution in [0.1, 0.15) is 41.9 Å². The molecule has 4 rings (SSSR count). The Hall–Kier alpha value is -2.32. The van der Waals surface area contributed by atoms with Gasteiger partial charge in [-0.1, -0.05) is 0 Å². The summed E-state index contributed by atoms with van der Waals surface area (Å²) in [4.78, 5) is 31.9. The number of rotatable bonds is 4. The van der Waals surface area contributed by atoms with Crippen LogP contribution >= 0.6 is 0 Å². The Kier molecular flexibility index (Phi) is 3.05. The van der Waals surface area contributed by atoms with Gasteiger partial charge in [-0.15, -0.1) is 0 Å². The van der Waals surface area contributed by atoms with Gasteiger partial charge in [0.2, 0.25) is 0 Å². The van der Waals surface area contributed by atoms with Gasteiger partial charge in [0.05, 0.1) is 17.9 Å². The van der Waals surface area contributed by atoms with Crippen molar-refractivity contribution in [2.75, 3.05) is 7.05 Å². The van der Waals surface area contributed by atoms with Crippen molar-refractivity contribution in [3.05, 3.63) is 23.8 Å². The lowest BCUT2D eigenvalue weighted by molar-refractivity contribution is -0.247. The summed E-state index contributed by atoms with van der Waals surface area (Å²) in [6, 6.07) is 0.